The third kappa shape index (κ3) is 4.80. The van der Waals surface area contributed by atoms with Crippen LogP contribution in [0, 0.1) is 0 Å². The molecular formula is C16H17NO5S. The van der Waals surface area contributed by atoms with Crippen molar-refractivity contribution < 1.29 is 23.1 Å². The summed E-state index contributed by atoms with van der Waals surface area (Å²) in [5.41, 5.74) is 1.58. The van der Waals surface area contributed by atoms with Gasteiger partial charge in [0, 0.05) is 12.8 Å². The predicted molar refractivity (Wildman–Crippen MR) is 85.7 cm³/mol. The highest BCUT2D eigenvalue weighted by Gasteiger charge is 2.15. The lowest BCUT2D eigenvalue weighted by Gasteiger charge is -2.10. The molecule has 0 aliphatic rings. The van der Waals surface area contributed by atoms with Crippen LogP contribution in [0.25, 0.3) is 0 Å². The Bertz CT molecular complexity index is 802. The molecule has 2 N–H and O–H groups in total. The van der Waals surface area contributed by atoms with Crippen LogP contribution < -0.4 is 4.72 Å². The second-order valence-electron chi connectivity index (χ2n) is 4.96. The first-order valence-corrected chi connectivity index (χ1v) is 8.30. The van der Waals surface area contributed by atoms with Crippen LogP contribution in [-0.2, 0) is 32.6 Å². The van der Waals surface area contributed by atoms with Crippen molar-refractivity contribution in [2.24, 2.45) is 0 Å². The number of anilines is 1. The SMILES string of the molecule is COCc1cccc(S(=O)(=O)Nc2cccc(CC(=O)O)c2)c1. The fraction of sp³-hybridized carbons (Fsp3) is 0.188. The molecule has 2 rings (SSSR count). The molecule has 0 unspecified atom stereocenters. The first kappa shape index (κ1) is 17.0. The minimum Gasteiger partial charge on any atom is -0.481 e. The Labute approximate surface area is 134 Å². The van der Waals surface area contributed by atoms with Crippen molar-refractivity contribution in [2.45, 2.75) is 17.9 Å². The molecule has 0 heterocycles. The Balaban J connectivity index is 2.24. The molecule has 0 atom stereocenters. The molecule has 0 saturated heterocycles. The fourth-order valence-corrected chi connectivity index (χ4v) is 3.22. The third-order valence-corrected chi connectivity index (χ3v) is 4.43. The zero-order valence-corrected chi connectivity index (χ0v) is 13.3. The first-order chi connectivity index (χ1) is 10.9. The Morgan fingerprint density at radius 3 is 2.52 bits per heavy atom. The van der Waals surface area contributed by atoms with E-state index >= 15 is 0 Å². The van der Waals surface area contributed by atoms with E-state index in [4.69, 9.17) is 9.84 Å². The highest BCUT2D eigenvalue weighted by atomic mass is 32.2. The summed E-state index contributed by atoms with van der Waals surface area (Å²) >= 11 is 0. The molecule has 0 aliphatic carbocycles. The van der Waals surface area contributed by atoms with Gasteiger partial charge in [0.2, 0.25) is 0 Å². The molecule has 23 heavy (non-hydrogen) atoms. The lowest BCUT2D eigenvalue weighted by atomic mass is 10.1. The second-order valence-corrected chi connectivity index (χ2v) is 6.64. The molecule has 0 fully saturated rings. The van der Waals surface area contributed by atoms with Gasteiger partial charge in [-0.15, -0.1) is 0 Å². The van der Waals surface area contributed by atoms with Crippen molar-refractivity contribution in [1.29, 1.82) is 0 Å². The summed E-state index contributed by atoms with van der Waals surface area (Å²) in [5, 5.41) is 8.80. The maximum atomic E-state index is 12.4. The number of carboxylic acids is 1. The predicted octanol–water partition coefficient (Wildman–Crippen LogP) is 2.26. The smallest absolute Gasteiger partial charge is 0.307 e. The average molecular weight is 335 g/mol. The van der Waals surface area contributed by atoms with Crippen molar-refractivity contribution >= 4 is 21.7 Å². The zero-order valence-electron chi connectivity index (χ0n) is 12.5. The zero-order chi connectivity index (χ0) is 16.9. The highest BCUT2D eigenvalue weighted by Crippen LogP contribution is 2.19. The molecule has 2 aromatic carbocycles. The molecule has 0 saturated carbocycles. The number of aliphatic carboxylic acids is 1. The van der Waals surface area contributed by atoms with Crippen molar-refractivity contribution in [3.8, 4) is 0 Å². The van der Waals surface area contributed by atoms with Crippen LogP contribution in [0.1, 0.15) is 11.1 Å². The molecular weight excluding hydrogens is 318 g/mol. The largest absolute Gasteiger partial charge is 0.481 e. The summed E-state index contributed by atoms with van der Waals surface area (Å²) in [6.07, 6.45) is -0.168. The van der Waals surface area contributed by atoms with E-state index in [-0.39, 0.29) is 11.3 Å². The quantitative estimate of drug-likeness (QED) is 0.809. The molecule has 6 nitrogen and oxygen atoms in total. The lowest BCUT2D eigenvalue weighted by Crippen LogP contribution is -2.13. The van der Waals surface area contributed by atoms with Gasteiger partial charge in [-0.3, -0.25) is 9.52 Å². The van der Waals surface area contributed by atoms with E-state index in [1.165, 1.54) is 25.3 Å². The number of carboxylic acid groups (broad SMARTS) is 1. The first-order valence-electron chi connectivity index (χ1n) is 6.82. The highest BCUT2D eigenvalue weighted by molar-refractivity contribution is 7.92. The van der Waals surface area contributed by atoms with Gasteiger partial charge in [0.15, 0.2) is 0 Å². The fourth-order valence-electron chi connectivity index (χ4n) is 2.10. The topological polar surface area (TPSA) is 92.7 Å². The molecule has 0 bridgehead atoms. The van der Waals surface area contributed by atoms with Crippen LogP contribution in [0.5, 0.6) is 0 Å². The molecule has 122 valence electrons. The number of ether oxygens (including phenoxy) is 1. The molecule has 2 aromatic rings. The van der Waals surface area contributed by atoms with Gasteiger partial charge < -0.3 is 9.84 Å². The lowest BCUT2D eigenvalue weighted by molar-refractivity contribution is -0.136. The summed E-state index contributed by atoms with van der Waals surface area (Å²) in [5.74, 6) is -0.975. The minimum absolute atomic E-state index is 0.121. The second kappa shape index (κ2) is 7.26. The summed E-state index contributed by atoms with van der Waals surface area (Å²) < 4.78 is 32.3. The van der Waals surface area contributed by atoms with Crippen molar-refractivity contribution in [3.05, 3.63) is 59.7 Å². The van der Waals surface area contributed by atoms with Gasteiger partial charge in [0.25, 0.3) is 10.0 Å². The normalized spacial score (nSPS) is 11.2. The summed E-state index contributed by atoms with van der Waals surface area (Å²) in [7, 11) is -2.22. The van der Waals surface area contributed by atoms with Crippen LogP contribution in [0.15, 0.2) is 53.4 Å². The number of hydrogen-bond acceptors (Lipinski definition) is 4. The van der Waals surface area contributed by atoms with E-state index < -0.39 is 16.0 Å². The summed E-state index contributed by atoms with van der Waals surface area (Å²) in [6.45, 7) is 0.317. The number of hydrogen-bond donors (Lipinski definition) is 2. The maximum absolute atomic E-state index is 12.4. The van der Waals surface area contributed by atoms with Crippen LogP contribution >= 0.6 is 0 Å². The van der Waals surface area contributed by atoms with Crippen LogP contribution in [0.2, 0.25) is 0 Å². The van der Waals surface area contributed by atoms with E-state index in [9.17, 15) is 13.2 Å². The van der Waals surface area contributed by atoms with Gasteiger partial charge in [-0.1, -0.05) is 24.3 Å². The van der Waals surface area contributed by atoms with Crippen LogP contribution in [-0.4, -0.2) is 26.6 Å². The van der Waals surface area contributed by atoms with Gasteiger partial charge in [-0.2, -0.15) is 0 Å². The standard InChI is InChI=1S/C16H17NO5S/c1-22-11-13-5-3-7-15(9-13)23(20,21)17-14-6-2-4-12(8-14)10-16(18)19/h2-9,17H,10-11H2,1H3,(H,18,19). The van der Waals surface area contributed by atoms with Gasteiger partial charge in [0.05, 0.1) is 17.9 Å². The van der Waals surface area contributed by atoms with Gasteiger partial charge in [0.1, 0.15) is 0 Å². The van der Waals surface area contributed by atoms with E-state index in [0.717, 1.165) is 5.56 Å². The monoisotopic (exact) mass is 335 g/mol. The van der Waals surface area contributed by atoms with Gasteiger partial charge >= 0.3 is 5.97 Å². The third-order valence-electron chi connectivity index (χ3n) is 3.05. The molecule has 0 amide bonds. The van der Waals surface area contributed by atoms with E-state index in [1.807, 2.05) is 0 Å². The van der Waals surface area contributed by atoms with Gasteiger partial charge in [-0.25, -0.2) is 8.42 Å². The van der Waals surface area contributed by atoms with Crippen molar-refractivity contribution in [1.82, 2.24) is 0 Å². The summed E-state index contributed by atoms with van der Waals surface area (Å²) in [4.78, 5) is 10.9. The number of rotatable bonds is 7. The average Bonchev–Trinajstić information content (AvgIpc) is 2.47. The molecule has 0 aliphatic heterocycles. The van der Waals surface area contributed by atoms with E-state index in [1.54, 1.807) is 30.3 Å². The number of sulfonamides is 1. The Morgan fingerprint density at radius 1 is 1.13 bits per heavy atom. The van der Waals surface area contributed by atoms with Crippen LogP contribution in [0.3, 0.4) is 0 Å². The maximum Gasteiger partial charge on any atom is 0.307 e. The number of nitrogens with one attached hydrogen (secondary N) is 1. The van der Waals surface area contributed by atoms with Gasteiger partial charge in [-0.05, 0) is 35.4 Å². The van der Waals surface area contributed by atoms with Crippen molar-refractivity contribution in [2.75, 3.05) is 11.8 Å². The van der Waals surface area contributed by atoms with E-state index in [0.29, 0.717) is 17.9 Å². The summed E-state index contributed by atoms with van der Waals surface area (Å²) in [6, 6.07) is 12.8. The Morgan fingerprint density at radius 2 is 1.83 bits per heavy atom. The number of carbonyl (C=O) groups is 1. The number of methoxy groups -OCH3 is 1. The molecule has 0 spiro atoms. The van der Waals surface area contributed by atoms with Crippen LogP contribution in [0.4, 0.5) is 5.69 Å². The van der Waals surface area contributed by atoms with E-state index in [2.05, 4.69) is 4.72 Å². The molecule has 0 aromatic heterocycles. The molecule has 7 heteroatoms. The number of benzene rings is 2. The Hall–Kier alpha value is -2.38. The minimum atomic E-state index is -3.75. The molecule has 0 radical (unpaired) electrons. The Kier molecular flexibility index (Phi) is 5.36. The van der Waals surface area contributed by atoms with Crippen molar-refractivity contribution in [3.63, 3.8) is 0 Å².